The van der Waals surface area contributed by atoms with Crippen molar-refractivity contribution in [2.75, 3.05) is 18.6 Å². The number of hydrazine groups is 1. The highest BCUT2D eigenvalue weighted by atomic mass is 32.2. The van der Waals surface area contributed by atoms with E-state index in [0.29, 0.717) is 25.1 Å². The molecule has 1 saturated heterocycles. The molecular weight excluding hydrogens is 280 g/mol. The molecule has 0 saturated carbocycles. The van der Waals surface area contributed by atoms with Gasteiger partial charge in [-0.1, -0.05) is 0 Å². The van der Waals surface area contributed by atoms with Crippen molar-refractivity contribution in [2.45, 2.75) is 36.6 Å². The van der Waals surface area contributed by atoms with Gasteiger partial charge in [-0.2, -0.15) is 4.31 Å². The second kappa shape index (κ2) is 6.49. The molecule has 0 bridgehead atoms. The lowest BCUT2D eigenvalue weighted by Crippen LogP contribution is -2.36. The first-order valence-electron chi connectivity index (χ1n) is 6.64. The summed E-state index contributed by atoms with van der Waals surface area (Å²) < 4.78 is 26.9. The molecule has 1 atom stereocenters. The minimum absolute atomic E-state index is 0.0574. The van der Waals surface area contributed by atoms with Crippen LogP contribution in [0.5, 0.6) is 0 Å². The first kappa shape index (κ1) is 15.2. The number of rotatable bonds is 6. The molecule has 20 heavy (non-hydrogen) atoms. The summed E-state index contributed by atoms with van der Waals surface area (Å²) in [6.07, 6.45) is 5.73. The molecule has 7 nitrogen and oxygen atoms in total. The molecule has 1 aliphatic rings. The maximum absolute atomic E-state index is 12.7. The van der Waals surface area contributed by atoms with Crippen molar-refractivity contribution in [1.29, 1.82) is 0 Å². The molecule has 8 heteroatoms. The molecule has 2 rings (SSSR count). The van der Waals surface area contributed by atoms with E-state index in [2.05, 4.69) is 10.4 Å². The number of hydrogen-bond acceptors (Lipinski definition) is 6. The van der Waals surface area contributed by atoms with Gasteiger partial charge in [0.1, 0.15) is 4.90 Å². The first-order chi connectivity index (χ1) is 9.61. The van der Waals surface area contributed by atoms with Crippen LogP contribution in [-0.4, -0.2) is 42.0 Å². The largest absolute Gasteiger partial charge is 0.396 e. The Balaban J connectivity index is 2.29. The van der Waals surface area contributed by atoms with Crippen molar-refractivity contribution in [1.82, 2.24) is 9.29 Å². The Kier molecular flexibility index (Phi) is 4.92. The van der Waals surface area contributed by atoms with Gasteiger partial charge in [-0.05, 0) is 31.7 Å². The van der Waals surface area contributed by atoms with Gasteiger partial charge in [-0.3, -0.25) is 10.8 Å². The van der Waals surface area contributed by atoms with Crippen molar-refractivity contribution in [2.24, 2.45) is 5.84 Å². The van der Waals surface area contributed by atoms with E-state index in [0.717, 1.165) is 12.8 Å². The zero-order valence-corrected chi connectivity index (χ0v) is 12.0. The summed E-state index contributed by atoms with van der Waals surface area (Å²) in [4.78, 5) is 3.97. The van der Waals surface area contributed by atoms with Crippen molar-refractivity contribution < 1.29 is 13.5 Å². The Morgan fingerprint density at radius 1 is 1.55 bits per heavy atom. The van der Waals surface area contributed by atoms with Gasteiger partial charge in [0.05, 0.1) is 5.69 Å². The molecule has 2 heterocycles. The highest BCUT2D eigenvalue weighted by molar-refractivity contribution is 7.89. The molecule has 112 valence electrons. The number of anilines is 1. The predicted octanol–water partition coefficient (Wildman–Crippen LogP) is 0.293. The van der Waals surface area contributed by atoms with E-state index in [4.69, 9.17) is 10.9 Å². The number of nitrogens with one attached hydrogen (secondary N) is 1. The number of pyridine rings is 1. The Hall–Kier alpha value is -1.22. The summed E-state index contributed by atoms with van der Waals surface area (Å²) >= 11 is 0. The van der Waals surface area contributed by atoms with Gasteiger partial charge in [0.25, 0.3) is 0 Å². The average molecular weight is 300 g/mol. The summed E-state index contributed by atoms with van der Waals surface area (Å²) in [5.74, 6) is 5.37. The third kappa shape index (κ3) is 2.93. The fourth-order valence-corrected chi connectivity index (χ4v) is 4.40. The molecule has 1 unspecified atom stereocenters. The van der Waals surface area contributed by atoms with E-state index in [1.165, 1.54) is 22.8 Å². The van der Waals surface area contributed by atoms with Gasteiger partial charge in [0.15, 0.2) is 0 Å². The second-order valence-electron chi connectivity index (χ2n) is 4.79. The Morgan fingerprint density at radius 3 is 3.05 bits per heavy atom. The topological polar surface area (TPSA) is 109 Å². The molecule has 0 radical (unpaired) electrons. The maximum atomic E-state index is 12.7. The van der Waals surface area contributed by atoms with Crippen LogP contribution in [0.3, 0.4) is 0 Å². The molecule has 4 N–H and O–H groups in total. The van der Waals surface area contributed by atoms with Crippen LogP contribution in [0.25, 0.3) is 0 Å². The zero-order valence-electron chi connectivity index (χ0n) is 11.2. The molecular formula is C12H20N4O3S. The number of nitrogen functional groups attached to an aromatic ring is 1. The molecule has 0 aromatic carbocycles. The van der Waals surface area contributed by atoms with E-state index in [1.54, 1.807) is 0 Å². The number of nitrogens with zero attached hydrogens (tertiary/aromatic N) is 2. The van der Waals surface area contributed by atoms with Gasteiger partial charge < -0.3 is 10.5 Å². The SMILES string of the molecule is NNc1ccncc1S(=O)(=O)N1CCCC1CCCO. The van der Waals surface area contributed by atoms with Crippen LogP contribution in [0, 0.1) is 0 Å². The van der Waals surface area contributed by atoms with E-state index in [9.17, 15) is 8.42 Å². The van der Waals surface area contributed by atoms with Crippen molar-refractivity contribution in [3.05, 3.63) is 18.5 Å². The number of hydrogen-bond donors (Lipinski definition) is 3. The minimum atomic E-state index is -3.61. The molecule has 0 aliphatic carbocycles. The third-order valence-electron chi connectivity index (χ3n) is 3.55. The van der Waals surface area contributed by atoms with Gasteiger partial charge in [0, 0.05) is 31.6 Å². The van der Waals surface area contributed by atoms with Crippen LogP contribution >= 0.6 is 0 Å². The number of nitrogens with two attached hydrogens (primary N) is 1. The Bertz CT molecular complexity index is 549. The van der Waals surface area contributed by atoms with Gasteiger partial charge in [-0.25, -0.2) is 8.42 Å². The van der Waals surface area contributed by atoms with Crippen LogP contribution in [0.2, 0.25) is 0 Å². The summed E-state index contributed by atoms with van der Waals surface area (Å²) in [6, 6.07) is 1.48. The molecule has 0 spiro atoms. The molecule has 1 aliphatic heterocycles. The second-order valence-corrected chi connectivity index (χ2v) is 6.65. The smallest absolute Gasteiger partial charge is 0.246 e. The number of aromatic nitrogens is 1. The standard InChI is InChI=1S/C12H20N4O3S/c13-15-11-5-6-14-9-12(11)20(18,19)16-7-1-3-10(16)4-2-8-17/h5-6,9-10,17H,1-4,7-8,13H2,(H,14,15). The monoisotopic (exact) mass is 300 g/mol. The highest BCUT2D eigenvalue weighted by Gasteiger charge is 2.36. The molecule has 1 fully saturated rings. The van der Waals surface area contributed by atoms with Crippen LogP contribution in [0.1, 0.15) is 25.7 Å². The number of sulfonamides is 1. The highest BCUT2D eigenvalue weighted by Crippen LogP contribution is 2.30. The third-order valence-corrected chi connectivity index (χ3v) is 5.52. The average Bonchev–Trinajstić information content (AvgIpc) is 2.94. The van der Waals surface area contributed by atoms with Crippen molar-refractivity contribution >= 4 is 15.7 Å². The van der Waals surface area contributed by atoms with E-state index < -0.39 is 10.0 Å². The molecule has 1 aromatic heterocycles. The molecule has 1 aromatic rings. The fraction of sp³-hybridized carbons (Fsp3) is 0.583. The van der Waals surface area contributed by atoms with E-state index in [1.807, 2.05) is 0 Å². The Morgan fingerprint density at radius 2 is 2.35 bits per heavy atom. The van der Waals surface area contributed by atoms with Gasteiger partial charge in [0.2, 0.25) is 10.0 Å². The quantitative estimate of drug-likeness (QED) is 0.515. The fourth-order valence-electron chi connectivity index (χ4n) is 2.57. The van der Waals surface area contributed by atoms with Crippen LogP contribution < -0.4 is 11.3 Å². The summed E-state index contributed by atoms with van der Waals surface area (Å²) in [7, 11) is -3.61. The lowest BCUT2D eigenvalue weighted by molar-refractivity contribution is 0.264. The van der Waals surface area contributed by atoms with Gasteiger partial charge >= 0.3 is 0 Å². The summed E-state index contributed by atoms with van der Waals surface area (Å²) in [6.45, 7) is 0.574. The maximum Gasteiger partial charge on any atom is 0.246 e. The lowest BCUT2D eigenvalue weighted by Gasteiger charge is -2.24. The van der Waals surface area contributed by atoms with Crippen molar-refractivity contribution in [3.8, 4) is 0 Å². The van der Waals surface area contributed by atoms with E-state index >= 15 is 0 Å². The van der Waals surface area contributed by atoms with Crippen LogP contribution in [-0.2, 0) is 10.0 Å². The normalized spacial score (nSPS) is 20.2. The minimum Gasteiger partial charge on any atom is -0.396 e. The first-order valence-corrected chi connectivity index (χ1v) is 8.08. The lowest BCUT2D eigenvalue weighted by atomic mass is 10.1. The van der Waals surface area contributed by atoms with Crippen LogP contribution in [0.15, 0.2) is 23.4 Å². The Labute approximate surface area is 118 Å². The summed E-state index contributed by atoms with van der Waals surface area (Å²) in [5.41, 5.74) is 2.74. The van der Waals surface area contributed by atoms with E-state index in [-0.39, 0.29) is 17.5 Å². The van der Waals surface area contributed by atoms with Gasteiger partial charge in [-0.15, -0.1) is 0 Å². The van der Waals surface area contributed by atoms with Crippen LogP contribution in [0.4, 0.5) is 5.69 Å². The number of aliphatic hydroxyl groups excluding tert-OH is 1. The molecule has 0 amide bonds. The zero-order chi connectivity index (χ0) is 14.6. The summed E-state index contributed by atoms with van der Waals surface area (Å²) in [5, 5.41) is 8.91. The van der Waals surface area contributed by atoms with Crippen molar-refractivity contribution in [3.63, 3.8) is 0 Å². The predicted molar refractivity (Wildman–Crippen MR) is 75.3 cm³/mol. The number of aliphatic hydroxyl groups is 1.